The maximum absolute atomic E-state index is 13.2. The number of carbonyl (C=O) groups is 1. The van der Waals surface area contributed by atoms with Crippen molar-refractivity contribution in [1.29, 1.82) is 0 Å². The number of benzene rings is 2. The Hall–Kier alpha value is -2.53. The summed E-state index contributed by atoms with van der Waals surface area (Å²) in [5.41, 5.74) is 1.41. The Morgan fingerprint density at radius 2 is 1.67 bits per heavy atom. The maximum atomic E-state index is 13.2. The average molecular weight is 477 g/mol. The number of sulfonamides is 1. The van der Waals surface area contributed by atoms with Crippen LogP contribution in [0, 0.1) is 5.82 Å². The summed E-state index contributed by atoms with van der Waals surface area (Å²) in [6.45, 7) is 6.09. The minimum absolute atomic E-state index is 0.155. The lowest BCUT2D eigenvalue weighted by molar-refractivity contribution is -0.120. The summed E-state index contributed by atoms with van der Waals surface area (Å²) in [4.78, 5) is 17.3. The molecule has 8 nitrogen and oxygen atoms in total. The Balaban J connectivity index is 1.35. The van der Waals surface area contributed by atoms with Crippen LogP contribution in [-0.2, 0) is 19.6 Å². The molecule has 0 spiro atoms. The molecule has 2 aromatic rings. The number of piperazine rings is 1. The Bertz CT molecular complexity index is 1070. The summed E-state index contributed by atoms with van der Waals surface area (Å²) in [5, 5.41) is 2.86. The third kappa shape index (κ3) is 5.52. The van der Waals surface area contributed by atoms with Crippen molar-refractivity contribution < 1.29 is 22.3 Å². The van der Waals surface area contributed by atoms with Gasteiger partial charge in [0.1, 0.15) is 5.82 Å². The first-order valence-electron chi connectivity index (χ1n) is 11.1. The van der Waals surface area contributed by atoms with E-state index in [0.29, 0.717) is 45.1 Å². The number of hydrogen-bond donors (Lipinski definition) is 1. The molecule has 0 radical (unpaired) electrons. The van der Waals surface area contributed by atoms with Gasteiger partial charge in [-0.25, -0.2) is 12.8 Å². The first-order valence-corrected chi connectivity index (χ1v) is 12.5. The SMILES string of the molecule is C[C@H](C(=O)Nc1cccc(S(=O)(=O)N2CCOCC2)c1)N1CCN(c2ccc(F)cc2)CC1. The number of nitrogens with zero attached hydrogens (tertiary/aromatic N) is 3. The van der Waals surface area contributed by atoms with Gasteiger partial charge in [0.2, 0.25) is 15.9 Å². The highest BCUT2D eigenvalue weighted by Crippen LogP contribution is 2.22. The third-order valence-electron chi connectivity index (χ3n) is 6.14. The summed E-state index contributed by atoms with van der Waals surface area (Å²) < 4.78 is 45.6. The molecule has 2 fully saturated rings. The number of anilines is 2. The van der Waals surface area contributed by atoms with Crippen LogP contribution >= 0.6 is 0 Å². The molecule has 0 bridgehead atoms. The van der Waals surface area contributed by atoms with E-state index in [2.05, 4.69) is 15.1 Å². The number of morpholine rings is 1. The van der Waals surface area contributed by atoms with Crippen molar-refractivity contribution in [3.63, 3.8) is 0 Å². The zero-order valence-corrected chi connectivity index (χ0v) is 19.4. The Morgan fingerprint density at radius 3 is 2.33 bits per heavy atom. The minimum atomic E-state index is -3.63. The first kappa shape index (κ1) is 23.6. The Kier molecular flexibility index (Phi) is 7.28. The number of halogens is 1. The molecular formula is C23H29FN4O4S. The Labute approximate surface area is 194 Å². The van der Waals surface area contributed by atoms with Crippen LogP contribution in [0.15, 0.2) is 53.4 Å². The molecule has 0 aromatic heterocycles. The van der Waals surface area contributed by atoms with Crippen molar-refractivity contribution in [2.24, 2.45) is 0 Å². The molecule has 4 rings (SSSR count). The van der Waals surface area contributed by atoms with Gasteiger partial charge in [0.05, 0.1) is 24.2 Å². The highest BCUT2D eigenvalue weighted by molar-refractivity contribution is 7.89. The number of ether oxygens (including phenoxy) is 1. The zero-order valence-electron chi connectivity index (χ0n) is 18.6. The lowest BCUT2D eigenvalue weighted by Gasteiger charge is -2.38. The molecule has 0 saturated carbocycles. The summed E-state index contributed by atoms with van der Waals surface area (Å²) in [6.07, 6.45) is 0. The molecule has 2 heterocycles. The summed E-state index contributed by atoms with van der Waals surface area (Å²) in [6, 6.07) is 12.4. The molecular weight excluding hydrogens is 447 g/mol. The predicted molar refractivity (Wildman–Crippen MR) is 124 cm³/mol. The molecule has 10 heteroatoms. The van der Waals surface area contributed by atoms with Crippen molar-refractivity contribution in [3.05, 3.63) is 54.3 Å². The van der Waals surface area contributed by atoms with Crippen LogP contribution in [0.5, 0.6) is 0 Å². The molecule has 178 valence electrons. The molecule has 2 aliphatic rings. The van der Waals surface area contributed by atoms with Gasteiger partial charge in [0.15, 0.2) is 0 Å². The van der Waals surface area contributed by atoms with Crippen molar-refractivity contribution in [1.82, 2.24) is 9.21 Å². The summed E-state index contributed by atoms with van der Waals surface area (Å²) in [7, 11) is -3.63. The van der Waals surface area contributed by atoms with Gasteiger partial charge in [-0.05, 0) is 49.4 Å². The van der Waals surface area contributed by atoms with Gasteiger partial charge in [-0.3, -0.25) is 9.69 Å². The normalized spacial score (nSPS) is 19.3. The number of amides is 1. The monoisotopic (exact) mass is 476 g/mol. The molecule has 0 unspecified atom stereocenters. The number of hydrogen-bond acceptors (Lipinski definition) is 6. The van der Waals surface area contributed by atoms with E-state index < -0.39 is 10.0 Å². The average Bonchev–Trinajstić information content (AvgIpc) is 2.85. The minimum Gasteiger partial charge on any atom is -0.379 e. The van der Waals surface area contributed by atoms with E-state index in [-0.39, 0.29) is 22.7 Å². The first-order chi connectivity index (χ1) is 15.8. The highest BCUT2D eigenvalue weighted by Gasteiger charge is 2.28. The molecule has 1 N–H and O–H groups in total. The highest BCUT2D eigenvalue weighted by atomic mass is 32.2. The fraction of sp³-hybridized carbons (Fsp3) is 0.435. The van der Waals surface area contributed by atoms with Crippen LogP contribution in [0.2, 0.25) is 0 Å². The maximum Gasteiger partial charge on any atom is 0.243 e. The lowest BCUT2D eigenvalue weighted by atomic mass is 10.2. The van der Waals surface area contributed by atoms with E-state index >= 15 is 0 Å². The number of carbonyl (C=O) groups excluding carboxylic acids is 1. The third-order valence-corrected chi connectivity index (χ3v) is 8.04. The van der Waals surface area contributed by atoms with E-state index in [4.69, 9.17) is 4.74 Å². The summed E-state index contributed by atoms with van der Waals surface area (Å²) in [5.74, 6) is -0.448. The summed E-state index contributed by atoms with van der Waals surface area (Å²) >= 11 is 0. The van der Waals surface area contributed by atoms with Crippen molar-refractivity contribution in [2.45, 2.75) is 17.9 Å². The molecule has 1 amide bonds. The van der Waals surface area contributed by atoms with E-state index in [0.717, 1.165) is 18.8 Å². The van der Waals surface area contributed by atoms with Crippen molar-refractivity contribution in [3.8, 4) is 0 Å². The molecule has 2 saturated heterocycles. The zero-order chi connectivity index (χ0) is 23.4. The van der Waals surface area contributed by atoms with E-state index in [9.17, 15) is 17.6 Å². The van der Waals surface area contributed by atoms with Gasteiger partial charge in [0, 0.05) is 50.6 Å². The smallest absolute Gasteiger partial charge is 0.243 e. The lowest BCUT2D eigenvalue weighted by Crippen LogP contribution is -2.52. The fourth-order valence-electron chi connectivity index (χ4n) is 4.10. The number of rotatable bonds is 6. The quantitative estimate of drug-likeness (QED) is 0.687. The van der Waals surface area contributed by atoms with Crippen molar-refractivity contribution >= 4 is 27.3 Å². The van der Waals surface area contributed by atoms with E-state index in [1.54, 1.807) is 30.3 Å². The van der Waals surface area contributed by atoms with Gasteiger partial charge in [-0.1, -0.05) is 6.07 Å². The van der Waals surface area contributed by atoms with Crippen LogP contribution in [0.25, 0.3) is 0 Å². The van der Waals surface area contributed by atoms with E-state index in [1.807, 2.05) is 6.92 Å². The second-order valence-corrected chi connectivity index (χ2v) is 10.1. The topological polar surface area (TPSA) is 82.2 Å². The molecule has 0 aliphatic carbocycles. The van der Waals surface area contributed by atoms with Gasteiger partial charge < -0.3 is 15.0 Å². The van der Waals surface area contributed by atoms with Crippen LogP contribution in [-0.4, -0.2) is 82.1 Å². The van der Waals surface area contributed by atoms with Gasteiger partial charge in [-0.2, -0.15) is 4.31 Å². The van der Waals surface area contributed by atoms with E-state index in [1.165, 1.54) is 22.5 Å². The van der Waals surface area contributed by atoms with Crippen molar-refractivity contribution in [2.75, 3.05) is 62.7 Å². The van der Waals surface area contributed by atoms with Gasteiger partial charge in [0.25, 0.3) is 0 Å². The molecule has 1 atom stereocenters. The second-order valence-electron chi connectivity index (χ2n) is 8.21. The van der Waals surface area contributed by atoms with Gasteiger partial charge >= 0.3 is 0 Å². The fourth-order valence-corrected chi connectivity index (χ4v) is 5.56. The van der Waals surface area contributed by atoms with Crippen LogP contribution < -0.4 is 10.2 Å². The second kappa shape index (κ2) is 10.2. The molecule has 2 aliphatic heterocycles. The van der Waals surface area contributed by atoms with Crippen LogP contribution in [0.1, 0.15) is 6.92 Å². The number of nitrogens with one attached hydrogen (secondary N) is 1. The molecule has 2 aromatic carbocycles. The van der Waals surface area contributed by atoms with Crippen LogP contribution in [0.4, 0.5) is 15.8 Å². The predicted octanol–water partition coefficient (Wildman–Crippen LogP) is 2.00. The van der Waals surface area contributed by atoms with Crippen LogP contribution in [0.3, 0.4) is 0 Å². The Morgan fingerprint density at radius 1 is 1.00 bits per heavy atom. The molecule has 33 heavy (non-hydrogen) atoms. The largest absolute Gasteiger partial charge is 0.379 e. The van der Waals surface area contributed by atoms with Gasteiger partial charge in [-0.15, -0.1) is 0 Å². The standard InChI is InChI=1S/C23H29FN4O4S/c1-18(26-9-11-27(12-10-26)21-7-5-19(24)6-8-21)23(29)25-20-3-2-4-22(17-20)33(30,31)28-13-15-32-16-14-28/h2-8,17-18H,9-16H2,1H3,(H,25,29)/t18-/m1/s1.